The summed E-state index contributed by atoms with van der Waals surface area (Å²) >= 11 is 0. The van der Waals surface area contributed by atoms with Gasteiger partial charge in [-0.15, -0.1) is 0 Å². The van der Waals surface area contributed by atoms with E-state index < -0.39 is 0 Å². The Hall–Kier alpha value is -2.73. The Balaban J connectivity index is 1.87. The molecule has 0 bridgehead atoms. The summed E-state index contributed by atoms with van der Waals surface area (Å²) < 4.78 is 16.1. The molecule has 140 valence electrons. The highest BCUT2D eigenvalue weighted by Crippen LogP contribution is 2.31. The molecule has 0 aliphatic rings. The van der Waals surface area contributed by atoms with Gasteiger partial charge in [-0.1, -0.05) is 12.1 Å². The first kappa shape index (κ1) is 19.6. The Labute approximate surface area is 154 Å². The maximum Gasteiger partial charge on any atom is 0.242 e. The number of amides is 1. The quantitative estimate of drug-likeness (QED) is 0.637. The lowest BCUT2D eigenvalue weighted by molar-refractivity contribution is -0.121. The fourth-order valence-electron chi connectivity index (χ4n) is 2.35. The highest BCUT2D eigenvalue weighted by Gasteiger charge is 2.12. The number of methoxy groups -OCH3 is 2. The van der Waals surface area contributed by atoms with E-state index in [9.17, 15) is 4.79 Å². The molecule has 0 saturated heterocycles. The minimum absolute atomic E-state index is 0.0459. The van der Waals surface area contributed by atoms with Crippen molar-refractivity contribution >= 4 is 11.6 Å². The molecule has 2 rings (SSSR count). The van der Waals surface area contributed by atoms with Gasteiger partial charge in [-0.25, -0.2) is 0 Å². The molecule has 26 heavy (non-hydrogen) atoms. The van der Waals surface area contributed by atoms with E-state index in [1.165, 1.54) is 0 Å². The van der Waals surface area contributed by atoms with Gasteiger partial charge >= 0.3 is 0 Å². The van der Waals surface area contributed by atoms with Crippen LogP contribution in [0.1, 0.15) is 13.3 Å². The monoisotopic (exact) mass is 358 g/mol. The van der Waals surface area contributed by atoms with Crippen molar-refractivity contribution in [2.45, 2.75) is 19.4 Å². The fraction of sp³-hybridized carbons (Fsp3) is 0.350. The van der Waals surface area contributed by atoms with Gasteiger partial charge in [0.2, 0.25) is 5.91 Å². The Morgan fingerprint density at radius 2 is 1.73 bits per heavy atom. The van der Waals surface area contributed by atoms with Crippen LogP contribution >= 0.6 is 0 Å². The molecule has 0 fully saturated rings. The number of hydrogen-bond acceptors (Lipinski definition) is 5. The lowest BCUT2D eigenvalue weighted by atomic mass is 10.2. The first-order chi connectivity index (χ1) is 12.6. The van der Waals surface area contributed by atoms with Gasteiger partial charge in [0.05, 0.1) is 7.11 Å². The molecule has 2 aromatic rings. The van der Waals surface area contributed by atoms with Crippen LogP contribution in [0.3, 0.4) is 0 Å². The van der Waals surface area contributed by atoms with Gasteiger partial charge in [-0.05, 0) is 49.7 Å². The van der Waals surface area contributed by atoms with E-state index in [-0.39, 0.29) is 11.9 Å². The molecule has 6 heteroatoms. The van der Waals surface area contributed by atoms with E-state index >= 15 is 0 Å². The highest BCUT2D eigenvalue weighted by atomic mass is 16.5. The zero-order valence-corrected chi connectivity index (χ0v) is 15.5. The van der Waals surface area contributed by atoms with Gasteiger partial charge in [0, 0.05) is 25.9 Å². The fourth-order valence-corrected chi connectivity index (χ4v) is 2.35. The number of rotatable bonds is 10. The standard InChI is InChI=1S/C20H26N2O4/c1-15(20(23)21-13-6-14-24-2)22-16-9-11-17(12-10-16)26-19-8-5-4-7-18(19)25-3/h4-5,7-12,15,22H,6,13-14H2,1-3H3,(H,21,23). The Morgan fingerprint density at radius 3 is 2.38 bits per heavy atom. The average molecular weight is 358 g/mol. The second-order valence-electron chi connectivity index (χ2n) is 5.78. The summed E-state index contributed by atoms with van der Waals surface area (Å²) in [7, 11) is 3.25. The van der Waals surface area contributed by atoms with Gasteiger partial charge in [0.15, 0.2) is 11.5 Å². The van der Waals surface area contributed by atoms with Gasteiger partial charge in [0.25, 0.3) is 0 Å². The van der Waals surface area contributed by atoms with Gasteiger partial charge in [-0.3, -0.25) is 4.79 Å². The summed E-state index contributed by atoms with van der Waals surface area (Å²) in [6, 6.07) is 14.6. The van der Waals surface area contributed by atoms with Crippen molar-refractivity contribution in [3.8, 4) is 17.2 Å². The lowest BCUT2D eigenvalue weighted by Crippen LogP contribution is -2.38. The minimum Gasteiger partial charge on any atom is -0.493 e. The summed E-state index contributed by atoms with van der Waals surface area (Å²) in [4.78, 5) is 12.0. The third kappa shape index (κ3) is 5.97. The van der Waals surface area contributed by atoms with Crippen molar-refractivity contribution in [2.24, 2.45) is 0 Å². The van der Waals surface area contributed by atoms with Crippen LogP contribution in [0, 0.1) is 0 Å². The zero-order chi connectivity index (χ0) is 18.8. The van der Waals surface area contributed by atoms with Crippen LogP contribution in [0.5, 0.6) is 17.2 Å². The normalized spacial score (nSPS) is 11.5. The lowest BCUT2D eigenvalue weighted by Gasteiger charge is -2.16. The second kappa shape index (κ2) is 10.3. The number of carbonyl (C=O) groups excluding carboxylic acids is 1. The molecule has 1 amide bonds. The van der Waals surface area contributed by atoms with Crippen LogP contribution in [-0.4, -0.2) is 39.3 Å². The molecule has 6 nitrogen and oxygen atoms in total. The van der Waals surface area contributed by atoms with E-state index in [4.69, 9.17) is 14.2 Å². The van der Waals surface area contributed by atoms with Crippen LogP contribution in [0.2, 0.25) is 0 Å². The van der Waals surface area contributed by atoms with E-state index in [2.05, 4.69) is 10.6 Å². The van der Waals surface area contributed by atoms with Crippen LogP contribution in [0.4, 0.5) is 5.69 Å². The van der Waals surface area contributed by atoms with Gasteiger partial charge in [0.1, 0.15) is 11.8 Å². The predicted octanol–water partition coefficient (Wildman–Crippen LogP) is 3.44. The summed E-state index contributed by atoms with van der Waals surface area (Å²) in [5.41, 5.74) is 0.844. The number of carbonyl (C=O) groups is 1. The van der Waals surface area contributed by atoms with Crippen LogP contribution in [-0.2, 0) is 9.53 Å². The number of benzene rings is 2. The molecular weight excluding hydrogens is 332 g/mol. The first-order valence-electron chi connectivity index (χ1n) is 8.58. The molecule has 0 radical (unpaired) electrons. The summed E-state index contributed by atoms with van der Waals surface area (Å²) in [5, 5.41) is 6.05. The number of ether oxygens (including phenoxy) is 3. The van der Waals surface area contributed by atoms with Crippen molar-refractivity contribution in [1.82, 2.24) is 5.32 Å². The van der Waals surface area contributed by atoms with Crippen molar-refractivity contribution in [3.63, 3.8) is 0 Å². The summed E-state index contributed by atoms with van der Waals surface area (Å²) in [6.45, 7) is 3.06. The Bertz CT molecular complexity index is 688. The van der Waals surface area contributed by atoms with Gasteiger partial charge < -0.3 is 24.8 Å². The topological polar surface area (TPSA) is 68.8 Å². The molecule has 1 atom stereocenters. The van der Waals surface area contributed by atoms with E-state index in [0.29, 0.717) is 30.4 Å². The van der Waals surface area contributed by atoms with Crippen molar-refractivity contribution in [3.05, 3.63) is 48.5 Å². The predicted molar refractivity (Wildman–Crippen MR) is 102 cm³/mol. The highest BCUT2D eigenvalue weighted by molar-refractivity contribution is 5.84. The van der Waals surface area contributed by atoms with E-state index in [1.807, 2.05) is 55.5 Å². The average Bonchev–Trinajstić information content (AvgIpc) is 2.67. The summed E-state index contributed by atoms with van der Waals surface area (Å²) in [5.74, 6) is 1.97. The zero-order valence-electron chi connectivity index (χ0n) is 15.5. The van der Waals surface area contributed by atoms with Crippen LogP contribution in [0.25, 0.3) is 0 Å². The van der Waals surface area contributed by atoms with E-state index in [1.54, 1.807) is 14.2 Å². The van der Waals surface area contributed by atoms with E-state index in [0.717, 1.165) is 12.1 Å². The largest absolute Gasteiger partial charge is 0.493 e. The van der Waals surface area contributed by atoms with Crippen molar-refractivity contribution in [1.29, 1.82) is 0 Å². The second-order valence-corrected chi connectivity index (χ2v) is 5.78. The van der Waals surface area contributed by atoms with Crippen LogP contribution in [0.15, 0.2) is 48.5 Å². The smallest absolute Gasteiger partial charge is 0.242 e. The van der Waals surface area contributed by atoms with Crippen molar-refractivity contribution < 1.29 is 19.0 Å². The van der Waals surface area contributed by atoms with Gasteiger partial charge in [-0.2, -0.15) is 0 Å². The molecular formula is C20H26N2O4. The molecule has 1 unspecified atom stereocenters. The SMILES string of the molecule is COCCCNC(=O)C(C)Nc1ccc(Oc2ccccc2OC)cc1. The minimum atomic E-state index is -0.335. The molecule has 0 saturated carbocycles. The number of hydrogen-bond donors (Lipinski definition) is 2. The number of para-hydroxylation sites is 2. The van der Waals surface area contributed by atoms with Crippen molar-refractivity contribution in [2.75, 3.05) is 32.7 Å². The third-order valence-electron chi connectivity index (χ3n) is 3.75. The molecule has 0 aliphatic heterocycles. The number of nitrogens with one attached hydrogen (secondary N) is 2. The summed E-state index contributed by atoms with van der Waals surface area (Å²) in [6.07, 6.45) is 0.796. The van der Waals surface area contributed by atoms with Crippen LogP contribution < -0.4 is 20.1 Å². The molecule has 2 N–H and O–H groups in total. The maximum atomic E-state index is 12.0. The Morgan fingerprint density at radius 1 is 1.04 bits per heavy atom. The number of anilines is 1. The molecule has 0 spiro atoms. The molecule has 0 aliphatic carbocycles. The maximum absolute atomic E-state index is 12.0. The Kier molecular flexibility index (Phi) is 7.76. The molecule has 2 aromatic carbocycles. The molecule has 0 heterocycles. The third-order valence-corrected chi connectivity index (χ3v) is 3.75. The molecule has 0 aromatic heterocycles. The first-order valence-corrected chi connectivity index (χ1v) is 8.58.